The van der Waals surface area contributed by atoms with Gasteiger partial charge in [-0.3, -0.25) is 14.5 Å². The molecule has 7 nitrogen and oxygen atoms in total. The van der Waals surface area contributed by atoms with E-state index in [0.717, 1.165) is 36.8 Å². The Morgan fingerprint density at radius 2 is 1.67 bits per heavy atom. The molecule has 30 heavy (non-hydrogen) atoms. The second-order valence-electron chi connectivity index (χ2n) is 7.73. The van der Waals surface area contributed by atoms with Crippen molar-refractivity contribution in [3.05, 3.63) is 71.0 Å². The van der Waals surface area contributed by atoms with Crippen LogP contribution in [0.4, 0.5) is 0 Å². The molecule has 1 saturated carbocycles. The number of imide groups is 1. The van der Waals surface area contributed by atoms with E-state index in [1.165, 1.54) is 4.90 Å². The minimum Gasteiger partial charge on any atom is -0.334 e. The Kier molecular flexibility index (Phi) is 5.17. The predicted octanol–water partition coefficient (Wildman–Crippen LogP) is 3.68. The van der Waals surface area contributed by atoms with Gasteiger partial charge in [-0.15, -0.1) is 12.4 Å². The predicted molar refractivity (Wildman–Crippen MR) is 112 cm³/mol. The second-order valence-corrected chi connectivity index (χ2v) is 7.73. The summed E-state index contributed by atoms with van der Waals surface area (Å²) < 4.78 is 5.46. The average Bonchev–Trinajstić information content (AvgIpc) is 3.46. The lowest BCUT2D eigenvalue weighted by atomic mass is 9.98. The fourth-order valence-corrected chi connectivity index (χ4v) is 4.14. The summed E-state index contributed by atoms with van der Waals surface area (Å²) in [5.41, 5.74) is 8.33. The van der Waals surface area contributed by atoms with Crippen molar-refractivity contribution in [3.8, 4) is 11.5 Å². The fourth-order valence-electron chi connectivity index (χ4n) is 4.14. The maximum absolute atomic E-state index is 12.6. The number of nitrogens with two attached hydrogens (primary N) is 1. The molecule has 0 atom stereocenters. The molecule has 5 rings (SSSR count). The molecule has 2 aromatic carbocycles. The first kappa shape index (κ1) is 20.3. The van der Waals surface area contributed by atoms with E-state index in [2.05, 4.69) is 10.1 Å². The van der Waals surface area contributed by atoms with Gasteiger partial charge in [0.25, 0.3) is 17.7 Å². The zero-order valence-electron chi connectivity index (χ0n) is 16.2. The molecule has 0 saturated heterocycles. The molecule has 3 aromatic rings. The van der Waals surface area contributed by atoms with Crippen LogP contribution < -0.4 is 5.73 Å². The lowest BCUT2D eigenvalue weighted by Crippen LogP contribution is -2.34. The monoisotopic (exact) mass is 424 g/mol. The topological polar surface area (TPSA) is 102 Å². The molecule has 2 N–H and O–H groups in total. The summed E-state index contributed by atoms with van der Waals surface area (Å²) >= 11 is 0. The lowest BCUT2D eigenvalue weighted by Gasteiger charge is -2.17. The SMILES string of the molecule is Cl.NC1(c2noc(-c3cccc(CN4C(=O)c5ccccc5C4=O)c3)n2)CCCC1. The number of nitrogens with zero attached hydrogens (tertiary/aromatic N) is 3. The van der Waals surface area contributed by atoms with E-state index in [0.29, 0.717) is 22.8 Å². The van der Waals surface area contributed by atoms with E-state index in [1.807, 2.05) is 24.3 Å². The standard InChI is InChI=1S/C22H20N4O3.ClH/c23-22(10-3-4-11-22)21-24-18(29-25-21)15-7-5-6-14(12-15)13-26-19(27)16-8-1-2-9-17(16)20(26)28;/h1-2,5-9,12H,3-4,10-11,13,23H2;1H. The largest absolute Gasteiger partial charge is 0.334 e. The molecule has 1 aliphatic carbocycles. The van der Waals surface area contributed by atoms with Gasteiger partial charge in [0.2, 0.25) is 0 Å². The number of aromatic nitrogens is 2. The van der Waals surface area contributed by atoms with Gasteiger partial charge in [-0.05, 0) is 42.7 Å². The minimum atomic E-state index is -0.514. The van der Waals surface area contributed by atoms with Gasteiger partial charge in [-0.1, -0.05) is 42.3 Å². The van der Waals surface area contributed by atoms with E-state index in [4.69, 9.17) is 10.3 Å². The molecular formula is C22H21ClN4O3. The van der Waals surface area contributed by atoms with E-state index in [-0.39, 0.29) is 30.8 Å². The maximum Gasteiger partial charge on any atom is 0.261 e. The average molecular weight is 425 g/mol. The smallest absolute Gasteiger partial charge is 0.261 e. The number of amides is 2. The highest BCUT2D eigenvalue weighted by Crippen LogP contribution is 2.35. The van der Waals surface area contributed by atoms with Crippen molar-refractivity contribution in [1.82, 2.24) is 15.0 Å². The van der Waals surface area contributed by atoms with Gasteiger partial charge in [0.15, 0.2) is 5.82 Å². The van der Waals surface area contributed by atoms with Crippen molar-refractivity contribution in [2.75, 3.05) is 0 Å². The summed E-state index contributed by atoms with van der Waals surface area (Å²) in [6.45, 7) is 0.183. The quantitative estimate of drug-likeness (QED) is 0.641. The first-order chi connectivity index (χ1) is 14.0. The van der Waals surface area contributed by atoms with Crippen molar-refractivity contribution in [1.29, 1.82) is 0 Å². The molecule has 0 unspecified atom stereocenters. The number of halogens is 1. The highest BCUT2D eigenvalue weighted by Gasteiger charge is 2.37. The minimum absolute atomic E-state index is 0. The van der Waals surface area contributed by atoms with Crippen LogP contribution in [0.1, 0.15) is 57.8 Å². The zero-order chi connectivity index (χ0) is 20.0. The van der Waals surface area contributed by atoms with Crippen LogP contribution in [0.5, 0.6) is 0 Å². The molecule has 1 aliphatic heterocycles. The first-order valence-corrected chi connectivity index (χ1v) is 9.73. The number of carbonyl (C=O) groups is 2. The summed E-state index contributed by atoms with van der Waals surface area (Å²) in [5, 5.41) is 4.10. The molecule has 2 aliphatic rings. The summed E-state index contributed by atoms with van der Waals surface area (Å²) in [5.74, 6) is 0.376. The Balaban J connectivity index is 0.00000218. The molecule has 0 bridgehead atoms. The second kappa shape index (κ2) is 7.66. The van der Waals surface area contributed by atoms with Gasteiger partial charge in [-0.25, -0.2) is 0 Å². The molecule has 2 heterocycles. The van der Waals surface area contributed by atoms with E-state index in [9.17, 15) is 9.59 Å². The Morgan fingerprint density at radius 1 is 1.00 bits per heavy atom. The number of hydrogen-bond acceptors (Lipinski definition) is 6. The van der Waals surface area contributed by atoms with Crippen LogP contribution in [0.25, 0.3) is 11.5 Å². The van der Waals surface area contributed by atoms with E-state index >= 15 is 0 Å². The van der Waals surface area contributed by atoms with Crippen molar-refractivity contribution in [3.63, 3.8) is 0 Å². The Morgan fingerprint density at radius 3 is 2.33 bits per heavy atom. The van der Waals surface area contributed by atoms with E-state index in [1.54, 1.807) is 24.3 Å². The highest BCUT2D eigenvalue weighted by atomic mass is 35.5. The third-order valence-corrected chi connectivity index (χ3v) is 5.76. The number of hydrogen-bond donors (Lipinski definition) is 1. The van der Waals surface area contributed by atoms with Crippen molar-refractivity contribution in [2.24, 2.45) is 5.73 Å². The Labute approximate surface area is 179 Å². The van der Waals surface area contributed by atoms with Gasteiger partial charge in [0, 0.05) is 5.56 Å². The third kappa shape index (κ3) is 3.30. The highest BCUT2D eigenvalue weighted by molar-refractivity contribution is 6.21. The van der Waals surface area contributed by atoms with Gasteiger partial charge in [0.05, 0.1) is 23.2 Å². The Hall–Kier alpha value is -3.03. The Bertz CT molecular complexity index is 1090. The molecule has 2 amide bonds. The molecule has 1 fully saturated rings. The van der Waals surface area contributed by atoms with Crippen LogP contribution in [0.3, 0.4) is 0 Å². The summed E-state index contributed by atoms with van der Waals surface area (Å²) in [7, 11) is 0. The van der Waals surface area contributed by atoms with Crippen molar-refractivity contribution < 1.29 is 14.1 Å². The lowest BCUT2D eigenvalue weighted by molar-refractivity contribution is 0.0642. The number of carbonyl (C=O) groups excluding carboxylic acids is 2. The molecule has 8 heteroatoms. The molecule has 0 spiro atoms. The maximum atomic E-state index is 12.6. The summed E-state index contributed by atoms with van der Waals surface area (Å²) in [4.78, 5) is 31.0. The number of benzene rings is 2. The van der Waals surface area contributed by atoms with Crippen LogP contribution >= 0.6 is 12.4 Å². The molecule has 0 radical (unpaired) electrons. The molecular weight excluding hydrogens is 404 g/mol. The normalized spacial score (nSPS) is 17.2. The van der Waals surface area contributed by atoms with Crippen molar-refractivity contribution >= 4 is 24.2 Å². The molecule has 1 aromatic heterocycles. The van der Waals surface area contributed by atoms with Gasteiger partial charge in [-0.2, -0.15) is 4.98 Å². The zero-order valence-corrected chi connectivity index (χ0v) is 17.0. The van der Waals surface area contributed by atoms with Crippen LogP contribution in [-0.2, 0) is 12.1 Å². The van der Waals surface area contributed by atoms with E-state index < -0.39 is 5.54 Å². The van der Waals surface area contributed by atoms with Crippen LogP contribution in [0.15, 0.2) is 53.1 Å². The summed E-state index contributed by atoms with van der Waals surface area (Å²) in [6.07, 6.45) is 3.84. The van der Waals surface area contributed by atoms with Gasteiger partial charge < -0.3 is 10.3 Å². The van der Waals surface area contributed by atoms with Crippen LogP contribution in [-0.4, -0.2) is 26.9 Å². The summed E-state index contributed by atoms with van der Waals surface area (Å²) in [6, 6.07) is 14.3. The van der Waals surface area contributed by atoms with Crippen molar-refractivity contribution in [2.45, 2.75) is 37.8 Å². The van der Waals surface area contributed by atoms with Crippen LogP contribution in [0, 0.1) is 0 Å². The van der Waals surface area contributed by atoms with Gasteiger partial charge in [0.1, 0.15) is 0 Å². The first-order valence-electron chi connectivity index (χ1n) is 9.73. The number of rotatable bonds is 4. The third-order valence-electron chi connectivity index (χ3n) is 5.76. The van der Waals surface area contributed by atoms with Gasteiger partial charge >= 0.3 is 0 Å². The fraction of sp³-hybridized carbons (Fsp3) is 0.273. The van der Waals surface area contributed by atoms with Crippen LogP contribution in [0.2, 0.25) is 0 Å². The molecule has 154 valence electrons. The number of fused-ring (bicyclic) bond motifs is 1.